The molecule has 0 fully saturated rings. The Labute approximate surface area is 127 Å². The van der Waals surface area contributed by atoms with Gasteiger partial charge in [-0.25, -0.2) is 4.79 Å². The third kappa shape index (κ3) is 4.65. The highest BCUT2D eigenvalue weighted by molar-refractivity contribution is 8.00. The SMILES string of the molecule is Cc1ccc(SCC(=O)c2ccc(NC(N)=O)cc2)cc1. The second kappa shape index (κ2) is 6.95. The van der Waals surface area contributed by atoms with Gasteiger partial charge < -0.3 is 11.1 Å². The minimum absolute atomic E-state index is 0.0474. The Hall–Kier alpha value is -2.27. The molecule has 0 aromatic heterocycles. The summed E-state index contributed by atoms with van der Waals surface area (Å²) in [7, 11) is 0. The number of thioether (sulfide) groups is 1. The molecule has 2 amide bonds. The van der Waals surface area contributed by atoms with Crippen molar-refractivity contribution < 1.29 is 9.59 Å². The number of nitrogens with two attached hydrogens (primary N) is 1. The lowest BCUT2D eigenvalue weighted by Gasteiger charge is -2.04. The van der Waals surface area contributed by atoms with E-state index < -0.39 is 6.03 Å². The Morgan fingerprint density at radius 3 is 2.24 bits per heavy atom. The van der Waals surface area contributed by atoms with Crippen LogP contribution in [0.3, 0.4) is 0 Å². The predicted octanol–water partition coefficient (Wildman–Crippen LogP) is 3.46. The highest BCUT2D eigenvalue weighted by Gasteiger charge is 2.07. The first kappa shape index (κ1) is 15.1. The lowest BCUT2D eigenvalue weighted by molar-refractivity contribution is 0.102. The van der Waals surface area contributed by atoms with E-state index >= 15 is 0 Å². The molecule has 5 heteroatoms. The van der Waals surface area contributed by atoms with Gasteiger partial charge in [-0.3, -0.25) is 4.79 Å². The van der Waals surface area contributed by atoms with Gasteiger partial charge in [0, 0.05) is 16.1 Å². The van der Waals surface area contributed by atoms with E-state index in [9.17, 15) is 9.59 Å². The summed E-state index contributed by atoms with van der Waals surface area (Å²) in [6.45, 7) is 2.03. The molecular formula is C16H16N2O2S. The molecule has 2 rings (SSSR count). The zero-order chi connectivity index (χ0) is 15.2. The van der Waals surface area contributed by atoms with Gasteiger partial charge in [-0.15, -0.1) is 11.8 Å². The van der Waals surface area contributed by atoms with Crippen LogP contribution in [0.1, 0.15) is 15.9 Å². The maximum absolute atomic E-state index is 12.1. The predicted molar refractivity (Wildman–Crippen MR) is 85.9 cm³/mol. The Morgan fingerprint density at radius 1 is 1.05 bits per heavy atom. The van der Waals surface area contributed by atoms with Crippen LogP contribution in [0.25, 0.3) is 0 Å². The number of Topliss-reactive ketones (excluding diaryl/α,β-unsaturated/α-hetero) is 1. The quantitative estimate of drug-likeness (QED) is 0.656. The minimum Gasteiger partial charge on any atom is -0.351 e. The Balaban J connectivity index is 1.93. The van der Waals surface area contributed by atoms with E-state index in [4.69, 9.17) is 5.73 Å². The van der Waals surface area contributed by atoms with Crippen molar-refractivity contribution in [2.75, 3.05) is 11.1 Å². The molecule has 0 heterocycles. The van der Waals surface area contributed by atoms with Crippen LogP contribution in [-0.4, -0.2) is 17.6 Å². The van der Waals surface area contributed by atoms with Crippen molar-refractivity contribution in [3.63, 3.8) is 0 Å². The molecule has 108 valence electrons. The van der Waals surface area contributed by atoms with Gasteiger partial charge >= 0.3 is 6.03 Å². The standard InChI is InChI=1S/C16H16N2O2S/c1-11-2-8-14(9-3-11)21-10-15(19)12-4-6-13(7-5-12)18-16(17)20/h2-9H,10H2,1H3,(H3,17,18,20). The van der Waals surface area contributed by atoms with Crippen LogP contribution < -0.4 is 11.1 Å². The van der Waals surface area contributed by atoms with Crippen LogP contribution in [0.2, 0.25) is 0 Å². The summed E-state index contributed by atoms with van der Waals surface area (Å²) >= 11 is 1.51. The first-order valence-corrected chi connectivity index (χ1v) is 7.42. The van der Waals surface area contributed by atoms with E-state index in [2.05, 4.69) is 5.32 Å². The molecule has 0 aliphatic rings. The Bertz CT molecular complexity index is 636. The second-order valence-electron chi connectivity index (χ2n) is 4.59. The van der Waals surface area contributed by atoms with E-state index in [-0.39, 0.29) is 5.78 Å². The summed E-state index contributed by atoms with van der Waals surface area (Å²) in [5, 5.41) is 2.46. The summed E-state index contributed by atoms with van der Waals surface area (Å²) < 4.78 is 0. The highest BCUT2D eigenvalue weighted by atomic mass is 32.2. The van der Waals surface area contributed by atoms with Gasteiger partial charge in [-0.1, -0.05) is 17.7 Å². The first-order chi connectivity index (χ1) is 10.0. The zero-order valence-corrected chi connectivity index (χ0v) is 12.4. The van der Waals surface area contributed by atoms with Crippen LogP contribution in [0, 0.1) is 6.92 Å². The minimum atomic E-state index is -0.621. The van der Waals surface area contributed by atoms with E-state index in [1.807, 2.05) is 31.2 Å². The maximum Gasteiger partial charge on any atom is 0.316 e. The van der Waals surface area contributed by atoms with Gasteiger partial charge in [0.05, 0.1) is 5.75 Å². The number of carbonyl (C=O) groups excluding carboxylic acids is 2. The zero-order valence-electron chi connectivity index (χ0n) is 11.6. The van der Waals surface area contributed by atoms with Crippen LogP contribution in [0.15, 0.2) is 53.4 Å². The van der Waals surface area contributed by atoms with Crippen molar-refractivity contribution in [1.29, 1.82) is 0 Å². The van der Waals surface area contributed by atoms with Gasteiger partial charge in [-0.2, -0.15) is 0 Å². The molecule has 0 aliphatic heterocycles. The lowest BCUT2D eigenvalue weighted by Crippen LogP contribution is -2.19. The molecule has 0 atom stereocenters. The first-order valence-electron chi connectivity index (χ1n) is 6.44. The fraction of sp³-hybridized carbons (Fsp3) is 0.125. The number of urea groups is 1. The highest BCUT2D eigenvalue weighted by Crippen LogP contribution is 2.20. The molecule has 0 saturated carbocycles. The third-order valence-corrected chi connectivity index (χ3v) is 3.88. The number of rotatable bonds is 5. The van der Waals surface area contributed by atoms with Crippen LogP contribution in [0.5, 0.6) is 0 Å². The lowest BCUT2D eigenvalue weighted by atomic mass is 10.1. The van der Waals surface area contributed by atoms with Crippen molar-refractivity contribution in [2.45, 2.75) is 11.8 Å². The summed E-state index contributed by atoms with van der Waals surface area (Å²) in [4.78, 5) is 23.9. The van der Waals surface area contributed by atoms with Crippen molar-refractivity contribution in [1.82, 2.24) is 0 Å². The van der Waals surface area contributed by atoms with E-state index in [0.717, 1.165) is 4.90 Å². The van der Waals surface area contributed by atoms with Gasteiger partial charge in [0.2, 0.25) is 0 Å². The topological polar surface area (TPSA) is 72.2 Å². The van der Waals surface area contributed by atoms with Crippen molar-refractivity contribution in [3.05, 3.63) is 59.7 Å². The summed E-state index contributed by atoms with van der Waals surface area (Å²) in [6, 6.07) is 14.1. The average Bonchev–Trinajstić information content (AvgIpc) is 2.46. The van der Waals surface area contributed by atoms with Gasteiger partial charge in [0.15, 0.2) is 5.78 Å². The Morgan fingerprint density at radius 2 is 1.67 bits per heavy atom. The molecule has 0 aliphatic carbocycles. The van der Waals surface area contributed by atoms with Gasteiger partial charge in [0.25, 0.3) is 0 Å². The average molecular weight is 300 g/mol. The summed E-state index contributed by atoms with van der Waals surface area (Å²) in [5.41, 5.74) is 7.41. The number of aryl methyl sites for hydroxylation is 1. The summed E-state index contributed by atoms with van der Waals surface area (Å²) in [5.74, 6) is 0.428. The molecule has 0 unspecified atom stereocenters. The molecule has 0 spiro atoms. The molecular weight excluding hydrogens is 284 g/mol. The smallest absolute Gasteiger partial charge is 0.316 e. The number of amides is 2. The van der Waals surface area contributed by atoms with Crippen LogP contribution in [-0.2, 0) is 0 Å². The van der Waals surface area contributed by atoms with E-state index in [1.54, 1.807) is 24.3 Å². The molecule has 0 bridgehead atoms. The number of hydrogen-bond donors (Lipinski definition) is 2. The summed E-state index contributed by atoms with van der Waals surface area (Å²) in [6.07, 6.45) is 0. The molecule has 0 radical (unpaired) electrons. The number of anilines is 1. The number of benzene rings is 2. The van der Waals surface area contributed by atoms with Crippen LogP contribution >= 0.6 is 11.8 Å². The van der Waals surface area contributed by atoms with Crippen LogP contribution in [0.4, 0.5) is 10.5 Å². The maximum atomic E-state index is 12.1. The molecule has 3 N–H and O–H groups in total. The molecule has 2 aromatic carbocycles. The molecule has 2 aromatic rings. The number of primary amides is 1. The van der Waals surface area contributed by atoms with Gasteiger partial charge in [0.1, 0.15) is 0 Å². The number of nitrogens with one attached hydrogen (secondary N) is 1. The van der Waals surface area contributed by atoms with Crippen molar-refractivity contribution in [2.24, 2.45) is 5.73 Å². The fourth-order valence-electron chi connectivity index (χ4n) is 1.75. The van der Waals surface area contributed by atoms with E-state index in [0.29, 0.717) is 17.0 Å². The normalized spacial score (nSPS) is 10.1. The number of carbonyl (C=O) groups is 2. The van der Waals surface area contributed by atoms with Crippen molar-refractivity contribution in [3.8, 4) is 0 Å². The monoisotopic (exact) mass is 300 g/mol. The Kier molecular flexibility index (Phi) is 5.00. The molecule has 21 heavy (non-hydrogen) atoms. The largest absolute Gasteiger partial charge is 0.351 e. The number of ketones is 1. The van der Waals surface area contributed by atoms with Gasteiger partial charge in [-0.05, 0) is 43.3 Å². The number of hydrogen-bond acceptors (Lipinski definition) is 3. The van der Waals surface area contributed by atoms with Crippen molar-refractivity contribution >= 4 is 29.3 Å². The molecule has 4 nitrogen and oxygen atoms in total. The van der Waals surface area contributed by atoms with E-state index in [1.165, 1.54) is 17.3 Å². The fourth-order valence-corrected chi connectivity index (χ4v) is 2.54. The third-order valence-electron chi connectivity index (χ3n) is 2.87. The molecule has 0 saturated heterocycles. The second-order valence-corrected chi connectivity index (χ2v) is 5.64.